The van der Waals surface area contributed by atoms with E-state index in [-0.39, 0.29) is 17.3 Å². The molecule has 0 N–H and O–H groups in total. The summed E-state index contributed by atoms with van der Waals surface area (Å²) < 4.78 is 19.3. The lowest BCUT2D eigenvalue weighted by molar-refractivity contribution is -0.118. The van der Waals surface area contributed by atoms with Crippen molar-refractivity contribution in [3.05, 3.63) is 28.5 Å². The number of rotatable bonds is 9. The molecular formula is C16H22ClFO2. The molecule has 0 aliphatic carbocycles. The van der Waals surface area contributed by atoms with E-state index in [4.69, 9.17) is 16.3 Å². The molecular weight excluding hydrogens is 279 g/mol. The Morgan fingerprint density at radius 3 is 2.65 bits per heavy atom. The van der Waals surface area contributed by atoms with Crippen LogP contribution in [-0.2, 0) is 11.2 Å². The fourth-order valence-corrected chi connectivity index (χ4v) is 2.28. The van der Waals surface area contributed by atoms with Crippen LogP contribution in [0.5, 0.6) is 5.75 Å². The van der Waals surface area contributed by atoms with E-state index in [1.165, 1.54) is 6.07 Å². The first-order valence-electron chi connectivity index (χ1n) is 7.20. The molecule has 0 atom stereocenters. The van der Waals surface area contributed by atoms with Gasteiger partial charge in [0.25, 0.3) is 0 Å². The van der Waals surface area contributed by atoms with Crippen LogP contribution in [0.15, 0.2) is 12.1 Å². The zero-order valence-electron chi connectivity index (χ0n) is 12.2. The first-order chi connectivity index (χ1) is 9.58. The Labute approximate surface area is 125 Å². The quantitative estimate of drug-likeness (QED) is 0.603. The smallest absolute Gasteiger partial charge is 0.168 e. The minimum Gasteiger partial charge on any atom is -0.491 e. The predicted molar refractivity (Wildman–Crippen MR) is 80.0 cm³/mol. The van der Waals surface area contributed by atoms with Crippen LogP contribution < -0.4 is 4.74 Å². The van der Waals surface area contributed by atoms with Crippen molar-refractivity contribution in [1.29, 1.82) is 0 Å². The summed E-state index contributed by atoms with van der Waals surface area (Å²) in [6, 6.07) is 3.15. The molecule has 0 fully saturated rings. The van der Waals surface area contributed by atoms with E-state index in [0.717, 1.165) is 19.3 Å². The zero-order chi connectivity index (χ0) is 15.0. The normalized spacial score (nSPS) is 10.6. The van der Waals surface area contributed by atoms with Crippen LogP contribution >= 0.6 is 11.6 Å². The monoisotopic (exact) mass is 300 g/mol. The van der Waals surface area contributed by atoms with Crippen molar-refractivity contribution in [3.8, 4) is 5.75 Å². The van der Waals surface area contributed by atoms with E-state index < -0.39 is 0 Å². The molecule has 112 valence electrons. The second-order valence-corrected chi connectivity index (χ2v) is 5.20. The van der Waals surface area contributed by atoms with E-state index in [2.05, 4.69) is 0 Å². The van der Waals surface area contributed by atoms with Crippen molar-refractivity contribution in [1.82, 2.24) is 0 Å². The molecule has 20 heavy (non-hydrogen) atoms. The van der Waals surface area contributed by atoms with Crippen molar-refractivity contribution in [2.75, 3.05) is 6.61 Å². The number of Topliss-reactive ketones (excluding diaryl/α,β-unsaturated/α-hetero) is 1. The molecule has 1 rings (SSSR count). The maximum Gasteiger partial charge on any atom is 0.168 e. The summed E-state index contributed by atoms with van der Waals surface area (Å²) in [5, 5.41) is 0.492. The minimum absolute atomic E-state index is 0.219. The number of hydrogen-bond acceptors (Lipinski definition) is 2. The number of halogens is 2. The van der Waals surface area contributed by atoms with Crippen LogP contribution in [-0.4, -0.2) is 12.4 Å². The highest BCUT2D eigenvalue weighted by Crippen LogP contribution is 2.27. The van der Waals surface area contributed by atoms with Gasteiger partial charge in [0.15, 0.2) is 11.6 Å². The molecule has 4 heteroatoms. The number of hydrogen-bond donors (Lipinski definition) is 0. The summed E-state index contributed by atoms with van der Waals surface area (Å²) in [5.74, 6) is 0.189. The Bertz CT molecular complexity index is 446. The van der Waals surface area contributed by atoms with Crippen molar-refractivity contribution in [3.63, 3.8) is 0 Å². The Balaban J connectivity index is 2.49. The van der Waals surface area contributed by atoms with Crippen LogP contribution in [0, 0.1) is 5.82 Å². The maximum absolute atomic E-state index is 14.1. The van der Waals surface area contributed by atoms with Gasteiger partial charge in [-0.2, -0.15) is 0 Å². The third-order valence-electron chi connectivity index (χ3n) is 3.18. The van der Waals surface area contributed by atoms with Gasteiger partial charge in [-0.3, -0.25) is 4.79 Å². The van der Waals surface area contributed by atoms with Crippen LogP contribution in [0.1, 0.15) is 51.5 Å². The highest BCUT2D eigenvalue weighted by molar-refractivity contribution is 6.30. The first kappa shape index (κ1) is 17.0. The summed E-state index contributed by atoms with van der Waals surface area (Å²) >= 11 is 5.97. The summed E-state index contributed by atoms with van der Waals surface area (Å²) in [7, 11) is 0. The fraction of sp³-hybridized carbons (Fsp3) is 0.562. The molecule has 0 saturated carbocycles. The highest BCUT2D eigenvalue weighted by atomic mass is 35.5. The van der Waals surface area contributed by atoms with Crippen LogP contribution in [0.4, 0.5) is 4.39 Å². The van der Waals surface area contributed by atoms with E-state index in [1.54, 1.807) is 6.07 Å². The molecule has 0 heterocycles. The Morgan fingerprint density at radius 1 is 1.25 bits per heavy atom. The highest BCUT2D eigenvalue weighted by Gasteiger charge is 2.11. The number of ketones is 1. The molecule has 0 unspecified atom stereocenters. The lowest BCUT2D eigenvalue weighted by atomic mass is 10.0. The van der Waals surface area contributed by atoms with Gasteiger partial charge in [-0.25, -0.2) is 4.39 Å². The molecule has 0 radical (unpaired) electrons. The van der Waals surface area contributed by atoms with Gasteiger partial charge in [0, 0.05) is 23.9 Å². The Kier molecular flexibility index (Phi) is 7.60. The topological polar surface area (TPSA) is 26.3 Å². The lowest BCUT2D eigenvalue weighted by Gasteiger charge is -2.10. The van der Waals surface area contributed by atoms with Gasteiger partial charge in [-0.05, 0) is 37.8 Å². The third kappa shape index (κ3) is 5.49. The second kappa shape index (κ2) is 8.96. The molecule has 0 aliphatic rings. The average Bonchev–Trinajstić information content (AvgIpc) is 2.43. The fourth-order valence-electron chi connectivity index (χ4n) is 2.05. The van der Waals surface area contributed by atoms with Crippen LogP contribution in [0.25, 0.3) is 0 Å². The summed E-state index contributed by atoms with van der Waals surface area (Å²) in [6.45, 7) is 4.10. The molecule has 1 aromatic carbocycles. The average molecular weight is 301 g/mol. The number of benzene rings is 1. The SMILES string of the molecule is CCOc1cc(Cl)cc(CCCCCC(=O)CC)c1F. The zero-order valence-corrected chi connectivity index (χ0v) is 12.9. The summed E-state index contributed by atoms with van der Waals surface area (Å²) in [6.07, 6.45) is 4.47. The molecule has 0 spiro atoms. The number of carbonyl (C=O) groups is 1. The third-order valence-corrected chi connectivity index (χ3v) is 3.39. The van der Waals surface area contributed by atoms with E-state index in [9.17, 15) is 9.18 Å². The molecule has 2 nitrogen and oxygen atoms in total. The molecule has 0 saturated heterocycles. The van der Waals surface area contributed by atoms with Crippen molar-refractivity contribution in [2.45, 2.75) is 52.4 Å². The minimum atomic E-state index is -0.319. The molecule has 0 aliphatic heterocycles. The molecule has 0 bridgehead atoms. The number of aryl methyl sites for hydroxylation is 1. The predicted octanol–water partition coefficient (Wildman–Crippen LogP) is 4.96. The first-order valence-corrected chi connectivity index (χ1v) is 7.58. The van der Waals surface area contributed by atoms with Gasteiger partial charge in [-0.1, -0.05) is 24.9 Å². The van der Waals surface area contributed by atoms with E-state index in [0.29, 0.717) is 36.5 Å². The van der Waals surface area contributed by atoms with Gasteiger partial charge >= 0.3 is 0 Å². The Hall–Kier alpha value is -1.09. The number of unbranched alkanes of at least 4 members (excludes halogenated alkanes) is 2. The Morgan fingerprint density at radius 2 is 2.00 bits per heavy atom. The van der Waals surface area contributed by atoms with Gasteiger partial charge in [0.1, 0.15) is 5.78 Å². The molecule has 0 aromatic heterocycles. The van der Waals surface area contributed by atoms with Gasteiger partial charge < -0.3 is 4.74 Å². The maximum atomic E-state index is 14.1. The van der Waals surface area contributed by atoms with Gasteiger partial charge in [0.05, 0.1) is 6.61 Å². The summed E-state index contributed by atoms with van der Waals surface area (Å²) in [5.41, 5.74) is 0.586. The summed E-state index contributed by atoms with van der Waals surface area (Å²) in [4.78, 5) is 11.2. The molecule has 0 amide bonds. The second-order valence-electron chi connectivity index (χ2n) is 4.76. The number of ether oxygens (including phenoxy) is 1. The van der Waals surface area contributed by atoms with E-state index >= 15 is 0 Å². The van der Waals surface area contributed by atoms with Crippen molar-refractivity contribution in [2.24, 2.45) is 0 Å². The van der Waals surface area contributed by atoms with E-state index in [1.807, 2.05) is 13.8 Å². The van der Waals surface area contributed by atoms with Crippen LogP contribution in [0.2, 0.25) is 5.02 Å². The molecule has 1 aromatic rings. The number of carbonyl (C=O) groups excluding carboxylic acids is 1. The standard InChI is InChI=1S/C16H22ClFO2/c1-3-14(19)9-7-5-6-8-12-10-13(17)11-15(16(12)18)20-4-2/h10-11H,3-9H2,1-2H3. The largest absolute Gasteiger partial charge is 0.491 e. The van der Waals surface area contributed by atoms with Gasteiger partial charge in [0.2, 0.25) is 0 Å². The van der Waals surface area contributed by atoms with Crippen molar-refractivity contribution < 1.29 is 13.9 Å². The lowest BCUT2D eigenvalue weighted by Crippen LogP contribution is -1.99. The van der Waals surface area contributed by atoms with Gasteiger partial charge in [-0.15, -0.1) is 0 Å². The van der Waals surface area contributed by atoms with Crippen molar-refractivity contribution >= 4 is 17.4 Å². The van der Waals surface area contributed by atoms with Crippen LogP contribution in [0.3, 0.4) is 0 Å².